The van der Waals surface area contributed by atoms with E-state index in [1.54, 1.807) is 12.4 Å². The number of pyridine rings is 1. The second kappa shape index (κ2) is 7.03. The number of aromatic nitrogens is 1. The summed E-state index contributed by atoms with van der Waals surface area (Å²) in [5.41, 5.74) is 1.07. The van der Waals surface area contributed by atoms with Gasteiger partial charge in [0.1, 0.15) is 0 Å². The number of amides is 1. The standard InChI is InChI=1S/C15H20N2O3/c18-14(5-3-12-2-1-8-16-10-12)17-9-7-13(11-17)4-6-15(19)20/h1-2,8,10,13H,3-7,9,11H2,(H,19,20). The van der Waals surface area contributed by atoms with E-state index in [0.717, 1.165) is 18.5 Å². The number of aliphatic carboxylic acids is 1. The van der Waals surface area contributed by atoms with E-state index in [1.807, 2.05) is 17.0 Å². The molecule has 5 heteroatoms. The molecule has 0 radical (unpaired) electrons. The lowest BCUT2D eigenvalue weighted by Crippen LogP contribution is -2.28. The largest absolute Gasteiger partial charge is 0.481 e. The third kappa shape index (κ3) is 4.33. The Bertz CT molecular complexity index is 461. The van der Waals surface area contributed by atoms with Gasteiger partial charge in [0.15, 0.2) is 0 Å². The van der Waals surface area contributed by atoms with E-state index < -0.39 is 5.97 Å². The number of rotatable bonds is 6. The third-order valence-electron chi connectivity index (χ3n) is 3.76. The molecule has 0 spiro atoms. The smallest absolute Gasteiger partial charge is 0.303 e. The maximum Gasteiger partial charge on any atom is 0.303 e. The minimum absolute atomic E-state index is 0.159. The molecule has 0 aliphatic carbocycles. The molecule has 1 aromatic rings. The van der Waals surface area contributed by atoms with E-state index in [1.165, 1.54) is 0 Å². The van der Waals surface area contributed by atoms with E-state index in [2.05, 4.69) is 4.98 Å². The number of likely N-dealkylation sites (tertiary alicyclic amines) is 1. The third-order valence-corrected chi connectivity index (χ3v) is 3.76. The number of aryl methyl sites for hydroxylation is 1. The zero-order valence-electron chi connectivity index (χ0n) is 11.5. The van der Waals surface area contributed by atoms with Gasteiger partial charge in [0.05, 0.1) is 0 Å². The first-order chi connectivity index (χ1) is 9.65. The second-order valence-corrected chi connectivity index (χ2v) is 5.29. The molecule has 2 heterocycles. The molecular weight excluding hydrogens is 256 g/mol. The SMILES string of the molecule is O=C(O)CCC1CCN(C(=O)CCc2cccnc2)C1. The van der Waals surface area contributed by atoms with Gasteiger partial charge in [-0.2, -0.15) is 0 Å². The molecule has 20 heavy (non-hydrogen) atoms. The molecule has 1 amide bonds. The lowest BCUT2D eigenvalue weighted by molar-refractivity contribution is -0.137. The summed E-state index contributed by atoms with van der Waals surface area (Å²) < 4.78 is 0. The molecule has 1 atom stereocenters. The average Bonchev–Trinajstić information content (AvgIpc) is 2.92. The Morgan fingerprint density at radius 2 is 2.25 bits per heavy atom. The zero-order chi connectivity index (χ0) is 14.4. The van der Waals surface area contributed by atoms with Crippen molar-refractivity contribution in [3.8, 4) is 0 Å². The molecule has 2 rings (SSSR count). The van der Waals surface area contributed by atoms with Crippen LogP contribution in [0.5, 0.6) is 0 Å². The van der Waals surface area contributed by atoms with Gasteiger partial charge < -0.3 is 10.0 Å². The van der Waals surface area contributed by atoms with Crippen molar-refractivity contribution in [2.75, 3.05) is 13.1 Å². The first-order valence-electron chi connectivity index (χ1n) is 7.03. The van der Waals surface area contributed by atoms with Crippen LogP contribution in [0.15, 0.2) is 24.5 Å². The number of hydrogen-bond acceptors (Lipinski definition) is 3. The van der Waals surface area contributed by atoms with Gasteiger partial charge in [-0.25, -0.2) is 0 Å². The highest BCUT2D eigenvalue weighted by Gasteiger charge is 2.26. The van der Waals surface area contributed by atoms with E-state index >= 15 is 0 Å². The van der Waals surface area contributed by atoms with Crippen LogP contribution in [0.4, 0.5) is 0 Å². The Labute approximate surface area is 118 Å². The first kappa shape index (κ1) is 14.5. The van der Waals surface area contributed by atoms with Crippen molar-refractivity contribution in [3.63, 3.8) is 0 Å². The molecule has 1 saturated heterocycles. The van der Waals surface area contributed by atoms with Crippen LogP contribution in [0.1, 0.15) is 31.2 Å². The highest BCUT2D eigenvalue weighted by molar-refractivity contribution is 5.76. The Morgan fingerprint density at radius 1 is 1.40 bits per heavy atom. The fraction of sp³-hybridized carbons (Fsp3) is 0.533. The predicted molar refractivity (Wildman–Crippen MR) is 74.1 cm³/mol. The molecule has 0 bridgehead atoms. The molecule has 0 aromatic carbocycles. The summed E-state index contributed by atoms with van der Waals surface area (Å²) in [6.45, 7) is 1.47. The van der Waals surface area contributed by atoms with Gasteiger partial charge in [0, 0.05) is 38.3 Å². The van der Waals surface area contributed by atoms with Crippen molar-refractivity contribution in [1.29, 1.82) is 0 Å². The monoisotopic (exact) mass is 276 g/mol. The summed E-state index contributed by atoms with van der Waals surface area (Å²) in [5, 5.41) is 8.67. The Kier molecular flexibility index (Phi) is 5.09. The summed E-state index contributed by atoms with van der Waals surface area (Å²) in [6, 6.07) is 3.84. The highest BCUT2D eigenvalue weighted by atomic mass is 16.4. The van der Waals surface area contributed by atoms with Crippen molar-refractivity contribution in [2.45, 2.75) is 32.1 Å². The summed E-state index contributed by atoms with van der Waals surface area (Å²) in [6.07, 6.45) is 6.50. The molecule has 1 aliphatic heterocycles. The topological polar surface area (TPSA) is 70.5 Å². The molecule has 1 aromatic heterocycles. The van der Waals surface area contributed by atoms with Crippen molar-refractivity contribution in [2.24, 2.45) is 5.92 Å². The van der Waals surface area contributed by atoms with E-state index in [9.17, 15) is 9.59 Å². The van der Waals surface area contributed by atoms with Gasteiger partial charge in [-0.1, -0.05) is 6.07 Å². The van der Waals surface area contributed by atoms with E-state index in [0.29, 0.717) is 31.7 Å². The van der Waals surface area contributed by atoms with Crippen LogP contribution in [-0.2, 0) is 16.0 Å². The summed E-state index contributed by atoms with van der Waals surface area (Å²) in [7, 11) is 0. The summed E-state index contributed by atoms with van der Waals surface area (Å²) in [4.78, 5) is 28.5. The average molecular weight is 276 g/mol. The van der Waals surface area contributed by atoms with Crippen LogP contribution in [0.3, 0.4) is 0 Å². The van der Waals surface area contributed by atoms with Crippen LogP contribution < -0.4 is 0 Å². The second-order valence-electron chi connectivity index (χ2n) is 5.29. The fourth-order valence-corrected chi connectivity index (χ4v) is 2.58. The number of carbonyl (C=O) groups is 2. The molecule has 5 nitrogen and oxygen atoms in total. The number of hydrogen-bond donors (Lipinski definition) is 1. The van der Waals surface area contributed by atoms with Gasteiger partial charge >= 0.3 is 5.97 Å². The summed E-state index contributed by atoms with van der Waals surface area (Å²) in [5.74, 6) is -0.258. The van der Waals surface area contributed by atoms with Crippen LogP contribution in [0.25, 0.3) is 0 Å². The molecule has 1 aliphatic rings. The lowest BCUT2D eigenvalue weighted by Gasteiger charge is -2.16. The zero-order valence-corrected chi connectivity index (χ0v) is 11.5. The molecule has 1 N–H and O–H groups in total. The van der Waals surface area contributed by atoms with Crippen LogP contribution in [-0.4, -0.2) is 40.0 Å². The van der Waals surface area contributed by atoms with Gasteiger partial charge in [0.25, 0.3) is 0 Å². The molecule has 1 fully saturated rings. The normalized spacial score (nSPS) is 18.2. The van der Waals surface area contributed by atoms with Crippen molar-refractivity contribution < 1.29 is 14.7 Å². The lowest BCUT2D eigenvalue weighted by atomic mass is 10.0. The van der Waals surface area contributed by atoms with Crippen molar-refractivity contribution in [3.05, 3.63) is 30.1 Å². The van der Waals surface area contributed by atoms with E-state index in [-0.39, 0.29) is 12.3 Å². The van der Waals surface area contributed by atoms with Crippen LogP contribution in [0, 0.1) is 5.92 Å². The number of carboxylic acids is 1. The maximum absolute atomic E-state index is 12.1. The Hall–Kier alpha value is -1.91. The van der Waals surface area contributed by atoms with Crippen molar-refractivity contribution in [1.82, 2.24) is 9.88 Å². The maximum atomic E-state index is 12.1. The van der Waals surface area contributed by atoms with Crippen LogP contribution in [0.2, 0.25) is 0 Å². The number of carboxylic acid groups (broad SMARTS) is 1. The number of carbonyl (C=O) groups excluding carboxylic acids is 1. The Morgan fingerprint density at radius 3 is 2.95 bits per heavy atom. The summed E-state index contributed by atoms with van der Waals surface area (Å²) >= 11 is 0. The van der Waals surface area contributed by atoms with Crippen LogP contribution >= 0.6 is 0 Å². The van der Waals surface area contributed by atoms with Gasteiger partial charge in [-0.3, -0.25) is 14.6 Å². The predicted octanol–water partition coefficient (Wildman–Crippen LogP) is 1.73. The highest BCUT2D eigenvalue weighted by Crippen LogP contribution is 2.21. The number of nitrogens with zero attached hydrogens (tertiary/aromatic N) is 2. The van der Waals surface area contributed by atoms with Gasteiger partial charge in [-0.15, -0.1) is 0 Å². The molecule has 1 unspecified atom stereocenters. The van der Waals surface area contributed by atoms with Gasteiger partial charge in [0.2, 0.25) is 5.91 Å². The molecular formula is C15H20N2O3. The van der Waals surface area contributed by atoms with Crippen molar-refractivity contribution >= 4 is 11.9 Å². The Balaban J connectivity index is 1.73. The first-order valence-corrected chi connectivity index (χ1v) is 7.03. The molecule has 108 valence electrons. The minimum Gasteiger partial charge on any atom is -0.481 e. The van der Waals surface area contributed by atoms with Gasteiger partial charge in [-0.05, 0) is 36.8 Å². The minimum atomic E-state index is -0.758. The molecule has 0 saturated carbocycles. The fourth-order valence-electron chi connectivity index (χ4n) is 2.58. The van der Waals surface area contributed by atoms with E-state index in [4.69, 9.17) is 5.11 Å². The quantitative estimate of drug-likeness (QED) is 0.859.